The molecule has 1 aliphatic rings. The first-order valence-corrected chi connectivity index (χ1v) is 6.08. The van der Waals surface area contributed by atoms with Crippen LogP contribution in [0.3, 0.4) is 0 Å². The highest BCUT2D eigenvalue weighted by molar-refractivity contribution is 5.79. The fourth-order valence-corrected chi connectivity index (χ4v) is 2.49. The summed E-state index contributed by atoms with van der Waals surface area (Å²) in [6.45, 7) is 4.01. The minimum absolute atomic E-state index is 0.0105. The van der Waals surface area contributed by atoms with Gasteiger partial charge in [0.2, 0.25) is 5.91 Å². The van der Waals surface area contributed by atoms with Gasteiger partial charge in [0.05, 0.1) is 12.6 Å². The van der Waals surface area contributed by atoms with Gasteiger partial charge >= 0.3 is 0 Å². The van der Waals surface area contributed by atoms with Crippen molar-refractivity contribution in [2.24, 2.45) is 17.6 Å². The van der Waals surface area contributed by atoms with Crippen molar-refractivity contribution >= 4 is 5.91 Å². The van der Waals surface area contributed by atoms with Crippen molar-refractivity contribution in [3.05, 3.63) is 0 Å². The number of hydrogen-bond donors (Lipinski definition) is 2. The number of aliphatic hydroxyl groups is 1. The Morgan fingerprint density at radius 3 is 2.62 bits per heavy atom. The van der Waals surface area contributed by atoms with Gasteiger partial charge in [0.1, 0.15) is 0 Å². The number of amides is 1. The lowest BCUT2D eigenvalue weighted by molar-refractivity contribution is -0.138. The molecular weight excluding hydrogens is 204 g/mol. The van der Waals surface area contributed by atoms with E-state index < -0.39 is 0 Å². The first kappa shape index (κ1) is 13.5. The molecule has 4 nitrogen and oxygen atoms in total. The van der Waals surface area contributed by atoms with E-state index in [0.29, 0.717) is 5.92 Å². The van der Waals surface area contributed by atoms with Gasteiger partial charge in [0.25, 0.3) is 0 Å². The molecule has 0 aromatic heterocycles. The van der Waals surface area contributed by atoms with Crippen LogP contribution in [0.15, 0.2) is 0 Å². The summed E-state index contributed by atoms with van der Waals surface area (Å²) in [5.74, 6) is 0.692. The van der Waals surface area contributed by atoms with Gasteiger partial charge in [-0.3, -0.25) is 4.79 Å². The van der Waals surface area contributed by atoms with Crippen LogP contribution in [-0.4, -0.2) is 41.7 Å². The summed E-state index contributed by atoms with van der Waals surface area (Å²) < 4.78 is 0. The van der Waals surface area contributed by atoms with Gasteiger partial charge in [0.15, 0.2) is 0 Å². The molecule has 1 amide bonds. The summed E-state index contributed by atoms with van der Waals surface area (Å²) in [5, 5.41) is 9.04. The summed E-state index contributed by atoms with van der Waals surface area (Å²) in [6, 6.07) is 0.0384. The molecule has 4 atom stereocenters. The minimum atomic E-state index is -0.110. The molecule has 1 aliphatic carbocycles. The second-order valence-corrected chi connectivity index (χ2v) is 5.25. The molecule has 0 aliphatic heterocycles. The molecule has 0 aromatic carbocycles. The number of rotatable bonds is 3. The van der Waals surface area contributed by atoms with Crippen LogP contribution >= 0.6 is 0 Å². The largest absolute Gasteiger partial charge is 0.394 e. The van der Waals surface area contributed by atoms with Crippen molar-refractivity contribution in [2.45, 2.75) is 45.2 Å². The lowest BCUT2D eigenvalue weighted by Crippen LogP contribution is -2.45. The van der Waals surface area contributed by atoms with Gasteiger partial charge in [-0.05, 0) is 32.1 Å². The Morgan fingerprint density at radius 2 is 2.12 bits per heavy atom. The fourth-order valence-electron chi connectivity index (χ4n) is 2.49. The van der Waals surface area contributed by atoms with Gasteiger partial charge in [-0.1, -0.05) is 6.92 Å². The maximum absolute atomic E-state index is 12.1. The predicted octanol–water partition coefficient (Wildman–Crippen LogP) is 0.589. The maximum Gasteiger partial charge on any atom is 0.225 e. The molecule has 1 saturated carbocycles. The molecule has 4 heteroatoms. The molecule has 3 N–H and O–H groups in total. The second-order valence-electron chi connectivity index (χ2n) is 5.25. The SMILES string of the molecule is CC1CC(N)CC(C(=O)N(C)C(C)CO)C1. The summed E-state index contributed by atoms with van der Waals surface area (Å²) in [5.41, 5.74) is 5.94. The van der Waals surface area contributed by atoms with Crippen LogP contribution in [0, 0.1) is 11.8 Å². The van der Waals surface area contributed by atoms with Crippen LogP contribution in [-0.2, 0) is 4.79 Å². The number of carbonyl (C=O) groups is 1. The number of hydrogen-bond acceptors (Lipinski definition) is 3. The second kappa shape index (κ2) is 5.64. The smallest absolute Gasteiger partial charge is 0.225 e. The summed E-state index contributed by atoms with van der Waals surface area (Å²) >= 11 is 0. The number of nitrogens with zero attached hydrogens (tertiary/aromatic N) is 1. The number of aliphatic hydroxyl groups excluding tert-OH is 1. The Balaban J connectivity index is 2.59. The molecule has 0 bridgehead atoms. The first-order chi connectivity index (χ1) is 7.45. The van der Waals surface area contributed by atoms with E-state index in [-0.39, 0.29) is 30.5 Å². The van der Waals surface area contributed by atoms with Crippen molar-refractivity contribution in [1.29, 1.82) is 0 Å². The first-order valence-electron chi connectivity index (χ1n) is 6.08. The van der Waals surface area contributed by atoms with Gasteiger partial charge < -0.3 is 15.7 Å². The average molecular weight is 228 g/mol. The quantitative estimate of drug-likeness (QED) is 0.743. The maximum atomic E-state index is 12.1. The molecule has 0 aromatic rings. The van der Waals surface area contributed by atoms with Crippen LogP contribution < -0.4 is 5.73 Å². The molecule has 16 heavy (non-hydrogen) atoms. The van der Waals surface area contributed by atoms with Crippen LogP contribution in [0.2, 0.25) is 0 Å². The standard InChI is InChI=1S/C12H24N2O2/c1-8-4-10(6-11(13)5-8)12(16)14(3)9(2)7-15/h8-11,15H,4-7,13H2,1-3H3. The molecule has 0 radical (unpaired) electrons. The van der Waals surface area contributed by atoms with E-state index in [1.165, 1.54) is 0 Å². The van der Waals surface area contributed by atoms with Crippen molar-refractivity contribution in [3.63, 3.8) is 0 Å². The van der Waals surface area contributed by atoms with Crippen LogP contribution in [0.1, 0.15) is 33.1 Å². The summed E-state index contributed by atoms with van der Waals surface area (Å²) in [6.07, 6.45) is 2.73. The molecule has 0 spiro atoms. The molecule has 94 valence electrons. The van der Waals surface area contributed by atoms with E-state index >= 15 is 0 Å². The van der Waals surface area contributed by atoms with E-state index in [4.69, 9.17) is 10.8 Å². The van der Waals surface area contributed by atoms with E-state index in [0.717, 1.165) is 19.3 Å². The van der Waals surface area contributed by atoms with Gasteiger partial charge in [-0.15, -0.1) is 0 Å². The highest BCUT2D eigenvalue weighted by Crippen LogP contribution is 2.29. The molecule has 0 saturated heterocycles. The lowest BCUT2D eigenvalue weighted by atomic mass is 9.79. The monoisotopic (exact) mass is 228 g/mol. The zero-order chi connectivity index (χ0) is 12.3. The topological polar surface area (TPSA) is 66.6 Å². The lowest BCUT2D eigenvalue weighted by Gasteiger charge is -2.34. The van der Waals surface area contributed by atoms with Crippen molar-refractivity contribution in [3.8, 4) is 0 Å². The molecule has 1 rings (SSSR count). The Labute approximate surface area is 97.8 Å². The molecular formula is C12H24N2O2. The van der Waals surface area contributed by atoms with E-state index in [1.807, 2.05) is 6.92 Å². The highest BCUT2D eigenvalue weighted by atomic mass is 16.3. The number of likely N-dealkylation sites (N-methyl/N-ethyl adjacent to an activating group) is 1. The number of nitrogens with two attached hydrogens (primary N) is 1. The van der Waals surface area contributed by atoms with Crippen molar-refractivity contribution in [2.75, 3.05) is 13.7 Å². The predicted molar refractivity (Wildman–Crippen MR) is 63.8 cm³/mol. The van der Waals surface area contributed by atoms with E-state index in [2.05, 4.69) is 6.92 Å². The van der Waals surface area contributed by atoms with Crippen LogP contribution in [0.4, 0.5) is 0 Å². The van der Waals surface area contributed by atoms with E-state index in [9.17, 15) is 4.79 Å². The molecule has 0 heterocycles. The van der Waals surface area contributed by atoms with Crippen molar-refractivity contribution in [1.82, 2.24) is 4.90 Å². The summed E-state index contributed by atoms with van der Waals surface area (Å²) in [7, 11) is 1.76. The van der Waals surface area contributed by atoms with Crippen molar-refractivity contribution < 1.29 is 9.90 Å². The Bertz CT molecular complexity index is 235. The number of carbonyl (C=O) groups excluding carboxylic acids is 1. The third-order valence-corrected chi connectivity index (χ3v) is 3.60. The van der Waals surface area contributed by atoms with Gasteiger partial charge in [-0.2, -0.15) is 0 Å². The van der Waals surface area contributed by atoms with Crippen LogP contribution in [0.5, 0.6) is 0 Å². The average Bonchev–Trinajstić information content (AvgIpc) is 2.24. The van der Waals surface area contributed by atoms with Gasteiger partial charge in [-0.25, -0.2) is 0 Å². The molecule has 1 fully saturated rings. The Hall–Kier alpha value is -0.610. The highest BCUT2D eigenvalue weighted by Gasteiger charge is 2.31. The Kier molecular flexibility index (Phi) is 4.74. The third kappa shape index (κ3) is 3.19. The zero-order valence-electron chi connectivity index (χ0n) is 10.5. The van der Waals surface area contributed by atoms with Gasteiger partial charge in [0, 0.05) is 19.0 Å². The molecule has 4 unspecified atom stereocenters. The zero-order valence-corrected chi connectivity index (χ0v) is 10.5. The Morgan fingerprint density at radius 1 is 1.50 bits per heavy atom. The minimum Gasteiger partial charge on any atom is -0.394 e. The van der Waals surface area contributed by atoms with E-state index in [1.54, 1.807) is 11.9 Å². The third-order valence-electron chi connectivity index (χ3n) is 3.60. The fraction of sp³-hybridized carbons (Fsp3) is 0.917. The normalized spacial score (nSPS) is 32.2. The summed E-state index contributed by atoms with van der Waals surface area (Å²) in [4.78, 5) is 13.8. The van der Waals surface area contributed by atoms with Crippen LogP contribution in [0.25, 0.3) is 0 Å².